The van der Waals surface area contributed by atoms with E-state index >= 15 is 0 Å². The number of ether oxygens (including phenoxy) is 1. The van der Waals surface area contributed by atoms with Gasteiger partial charge in [0, 0.05) is 42.7 Å². The van der Waals surface area contributed by atoms with Crippen molar-refractivity contribution in [3.8, 4) is 17.0 Å². The van der Waals surface area contributed by atoms with Crippen molar-refractivity contribution in [3.63, 3.8) is 0 Å². The van der Waals surface area contributed by atoms with Crippen molar-refractivity contribution in [3.05, 3.63) is 65.7 Å². The smallest absolute Gasteiger partial charge is 0.495 e. The summed E-state index contributed by atoms with van der Waals surface area (Å²) >= 11 is 0. The standard InChI is InChI=1S/C27H28F3N8O6P/c1-31-25(40)23-21(8-7-19(34-23)17-12-33-38(14-17)9-3-4-10-39)35-24-18(27(28,29)30)13-32-26(37-24)36-20-6-5-16(11-22(20)43-2)15-44-45(41)42/h5-8,11-14,39H,3-4,9-10,15H2,1-2H3,(H3-,31,32,35,36,37,40,41,42)/p+1. The van der Waals surface area contributed by atoms with Crippen molar-refractivity contribution in [1.82, 2.24) is 30.0 Å². The Labute approximate surface area is 255 Å². The van der Waals surface area contributed by atoms with E-state index in [0.29, 0.717) is 42.4 Å². The van der Waals surface area contributed by atoms with Gasteiger partial charge in [-0.3, -0.25) is 9.48 Å². The molecule has 3 heterocycles. The highest BCUT2D eigenvalue weighted by Gasteiger charge is 2.36. The number of carbonyl (C=O) groups is 1. The van der Waals surface area contributed by atoms with Crippen LogP contribution in [0, 0.1) is 0 Å². The number of aromatic nitrogens is 5. The summed E-state index contributed by atoms with van der Waals surface area (Å²) in [6, 6.07) is 7.51. The molecule has 0 spiro atoms. The number of hydrogen-bond acceptors (Lipinski definition) is 11. The van der Waals surface area contributed by atoms with E-state index in [1.54, 1.807) is 23.1 Å². The Bertz CT molecular complexity index is 1670. The summed E-state index contributed by atoms with van der Waals surface area (Å²) in [4.78, 5) is 33.9. The molecule has 1 atom stereocenters. The third kappa shape index (κ3) is 8.69. The number of benzene rings is 1. The molecule has 0 saturated carbocycles. The molecule has 0 fully saturated rings. The Hall–Kier alpha value is -4.70. The zero-order chi connectivity index (χ0) is 32.6. The van der Waals surface area contributed by atoms with Crippen LogP contribution in [0.2, 0.25) is 0 Å². The largest absolute Gasteiger partial charge is 0.695 e. The molecule has 1 amide bonds. The number of alkyl halides is 3. The quantitative estimate of drug-likeness (QED) is 0.0950. The zero-order valence-corrected chi connectivity index (χ0v) is 24.9. The van der Waals surface area contributed by atoms with Gasteiger partial charge in [-0.1, -0.05) is 6.07 Å². The first-order chi connectivity index (χ1) is 21.5. The van der Waals surface area contributed by atoms with E-state index in [0.717, 1.165) is 0 Å². The molecular weight excluding hydrogens is 620 g/mol. The Morgan fingerprint density at radius 3 is 2.56 bits per heavy atom. The van der Waals surface area contributed by atoms with Crippen LogP contribution in [0.4, 0.5) is 36.3 Å². The number of nitrogens with one attached hydrogen (secondary N) is 3. The van der Waals surface area contributed by atoms with Gasteiger partial charge in [0.1, 0.15) is 23.7 Å². The van der Waals surface area contributed by atoms with Gasteiger partial charge in [-0.15, -0.1) is 9.42 Å². The van der Waals surface area contributed by atoms with Crippen LogP contribution >= 0.6 is 8.25 Å². The Morgan fingerprint density at radius 2 is 1.87 bits per heavy atom. The minimum atomic E-state index is -4.85. The van der Waals surface area contributed by atoms with Crippen molar-refractivity contribution in [1.29, 1.82) is 0 Å². The highest BCUT2D eigenvalue weighted by atomic mass is 31.1. The maximum absolute atomic E-state index is 14.0. The molecular formula is C27H29F3N8O6P+. The van der Waals surface area contributed by atoms with Crippen molar-refractivity contribution < 1.29 is 41.8 Å². The first kappa shape index (κ1) is 33.2. The summed E-state index contributed by atoms with van der Waals surface area (Å²) in [7, 11) is -0.0907. The molecule has 1 unspecified atom stereocenters. The lowest BCUT2D eigenvalue weighted by Gasteiger charge is -2.17. The van der Waals surface area contributed by atoms with E-state index < -0.39 is 31.7 Å². The number of carbonyl (C=O) groups excluding carboxylic acids is 1. The van der Waals surface area contributed by atoms with Crippen molar-refractivity contribution >= 4 is 37.3 Å². The number of unbranched alkanes of at least 4 members (excludes halogenated alkanes) is 1. The number of methoxy groups -OCH3 is 1. The number of pyridine rings is 1. The van der Waals surface area contributed by atoms with Gasteiger partial charge in [0.2, 0.25) is 5.95 Å². The summed E-state index contributed by atoms with van der Waals surface area (Å²) in [6.45, 7) is 0.443. The summed E-state index contributed by atoms with van der Waals surface area (Å²) in [5.74, 6) is -1.30. The predicted octanol–water partition coefficient (Wildman–Crippen LogP) is 4.55. The maximum Gasteiger partial charge on any atom is 0.695 e. The summed E-state index contributed by atoms with van der Waals surface area (Å²) in [5.41, 5.74) is 0.298. The van der Waals surface area contributed by atoms with Crippen LogP contribution < -0.4 is 20.7 Å². The third-order valence-electron chi connectivity index (χ3n) is 6.26. The molecule has 45 heavy (non-hydrogen) atoms. The molecule has 0 saturated heterocycles. The van der Waals surface area contributed by atoms with E-state index in [1.165, 1.54) is 38.4 Å². The van der Waals surface area contributed by atoms with Gasteiger partial charge in [-0.05, 0) is 42.7 Å². The lowest BCUT2D eigenvalue weighted by atomic mass is 10.1. The van der Waals surface area contributed by atoms with Gasteiger partial charge >= 0.3 is 14.4 Å². The van der Waals surface area contributed by atoms with Crippen LogP contribution in [0.5, 0.6) is 5.75 Å². The number of aliphatic hydroxyl groups excluding tert-OH is 1. The molecule has 0 aliphatic carbocycles. The minimum Gasteiger partial charge on any atom is -0.495 e. The van der Waals surface area contributed by atoms with Crippen molar-refractivity contribution in [2.75, 3.05) is 31.4 Å². The second kappa shape index (κ2) is 14.9. The molecule has 0 aliphatic heterocycles. The topological polar surface area (TPSA) is 186 Å². The van der Waals surface area contributed by atoms with Crippen LogP contribution in [-0.4, -0.2) is 61.4 Å². The average Bonchev–Trinajstić information content (AvgIpc) is 3.49. The van der Waals surface area contributed by atoms with Crippen LogP contribution in [-0.2, 0) is 28.4 Å². The minimum absolute atomic E-state index is 0.0484. The van der Waals surface area contributed by atoms with Gasteiger partial charge in [0.25, 0.3) is 5.91 Å². The lowest BCUT2D eigenvalue weighted by Crippen LogP contribution is -2.21. The Kier molecular flexibility index (Phi) is 11.0. The fourth-order valence-corrected chi connectivity index (χ4v) is 4.33. The lowest BCUT2D eigenvalue weighted by molar-refractivity contribution is -0.137. The van der Waals surface area contributed by atoms with E-state index in [2.05, 4.69) is 36.0 Å². The van der Waals surface area contributed by atoms with Crippen molar-refractivity contribution in [2.45, 2.75) is 32.2 Å². The average molecular weight is 650 g/mol. The number of anilines is 4. The predicted molar refractivity (Wildman–Crippen MR) is 156 cm³/mol. The van der Waals surface area contributed by atoms with E-state index in [9.17, 15) is 22.5 Å². The van der Waals surface area contributed by atoms with Gasteiger partial charge in [0.05, 0.1) is 30.4 Å². The summed E-state index contributed by atoms with van der Waals surface area (Å²) in [5, 5.41) is 21.1. The molecule has 4 rings (SSSR count). The van der Waals surface area contributed by atoms with Gasteiger partial charge in [-0.2, -0.15) is 23.3 Å². The van der Waals surface area contributed by atoms with Crippen molar-refractivity contribution in [2.24, 2.45) is 0 Å². The fourth-order valence-electron chi connectivity index (χ4n) is 4.07. The molecule has 14 nitrogen and oxygen atoms in total. The fraction of sp³-hybridized carbons (Fsp3) is 0.296. The van der Waals surface area contributed by atoms with E-state index in [4.69, 9.17) is 19.3 Å². The first-order valence-corrected chi connectivity index (χ1v) is 14.5. The van der Waals surface area contributed by atoms with Crippen LogP contribution in [0.25, 0.3) is 11.3 Å². The first-order valence-electron chi connectivity index (χ1n) is 13.3. The van der Waals surface area contributed by atoms with Crippen LogP contribution in [0.3, 0.4) is 0 Å². The maximum atomic E-state index is 14.0. The second-order valence-electron chi connectivity index (χ2n) is 9.34. The normalized spacial score (nSPS) is 11.7. The van der Waals surface area contributed by atoms with Gasteiger partial charge in [-0.25, -0.2) is 9.97 Å². The number of amides is 1. The molecule has 5 N–H and O–H groups in total. The van der Waals surface area contributed by atoms with Gasteiger partial charge in [0.15, 0.2) is 5.69 Å². The highest BCUT2D eigenvalue weighted by molar-refractivity contribution is 7.32. The van der Waals surface area contributed by atoms with Crippen LogP contribution in [0.1, 0.15) is 34.5 Å². The number of halogens is 3. The monoisotopic (exact) mass is 649 g/mol. The third-order valence-corrected chi connectivity index (χ3v) is 6.61. The Morgan fingerprint density at radius 1 is 1.09 bits per heavy atom. The number of nitrogens with zero attached hydrogens (tertiary/aromatic N) is 5. The summed E-state index contributed by atoms with van der Waals surface area (Å²) in [6.07, 6.45) is 0.325. The zero-order valence-electron chi connectivity index (χ0n) is 24.0. The van der Waals surface area contributed by atoms with Crippen LogP contribution in [0.15, 0.2) is 48.9 Å². The Balaban J connectivity index is 1.66. The molecule has 0 bridgehead atoms. The molecule has 18 heteroatoms. The molecule has 4 aromatic rings. The molecule has 3 aromatic heterocycles. The number of rotatable bonds is 14. The summed E-state index contributed by atoms with van der Waals surface area (Å²) < 4.78 is 64.5. The number of hydrogen-bond donors (Lipinski definition) is 5. The van der Waals surface area contributed by atoms with Gasteiger partial charge < -0.3 is 25.8 Å². The van der Waals surface area contributed by atoms with E-state index in [-0.39, 0.29) is 42.0 Å². The SMILES string of the molecule is CNC(=O)c1nc(-c2cnn(CCCCO)c2)ccc1Nc1nc(Nc2ccc(CO[P+](=O)O)cc2OC)ncc1C(F)(F)F. The molecule has 0 aliphatic rings. The number of aryl methyl sites for hydroxylation is 1. The second-order valence-corrected chi connectivity index (χ2v) is 10.1. The molecule has 0 radical (unpaired) electrons. The molecule has 1 aromatic carbocycles. The highest BCUT2D eigenvalue weighted by Crippen LogP contribution is 2.37. The number of aliphatic hydroxyl groups is 1. The van der Waals surface area contributed by atoms with E-state index in [1.807, 2.05) is 0 Å². The molecule has 238 valence electrons.